The number of benzene rings is 3. The highest BCUT2D eigenvalue weighted by Crippen LogP contribution is 2.47. The maximum Gasteiger partial charge on any atom is 0.184 e. The molecule has 3 N–H and O–H groups in total. The largest absolute Gasteiger partial charge is 0.507 e. The van der Waals surface area contributed by atoms with Gasteiger partial charge in [-0.05, 0) is 97.6 Å². The Morgan fingerprint density at radius 2 is 1.67 bits per heavy atom. The lowest BCUT2D eigenvalue weighted by atomic mass is 9.82. The number of phenolic OH excluding ortho intramolecular Hbond substituents is 1. The van der Waals surface area contributed by atoms with Crippen LogP contribution in [-0.4, -0.2) is 44.4 Å². The van der Waals surface area contributed by atoms with Gasteiger partial charge in [-0.1, -0.05) is 37.3 Å². The van der Waals surface area contributed by atoms with Crippen molar-refractivity contribution in [3.05, 3.63) is 70.3 Å². The number of fused-ring (bicyclic) bond motifs is 1. The summed E-state index contributed by atoms with van der Waals surface area (Å²) >= 11 is 0. The van der Waals surface area contributed by atoms with E-state index in [0.717, 1.165) is 55.5 Å². The lowest BCUT2D eigenvalue weighted by Gasteiger charge is -2.24. The summed E-state index contributed by atoms with van der Waals surface area (Å²) in [6, 6.07) is 14.7. The van der Waals surface area contributed by atoms with Crippen LogP contribution < -0.4 is 15.2 Å². The summed E-state index contributed by atoms with van der Waals surface area (Å²) < 4.78 is 11.3. The van der Waals surface area contributed by atoms with E-state index in [1.54, 1.807) is 14.2 Å². The van der Waals surface area contributed by atoms with Gasteiger partial charge in [0.15, 0.2) is 11.5 Å². The van der Waals surface area contributed by atoms with E-state index in [1.807, 2.05) is 12.1 Å². The van der Waals surface area contributed by atoms with Crippen LogP contribution in [0.2, 0.25) is 0 Å². The van der Waals surface area contributed by atoms with Gasteiger partial charge < -0.3 is 25.2 Å². The Bertz CT molecular complexity index is 1190. The minimum absolute atomic E-state index is 0.287. The molecule has 0 amide bonds. The minimum atomic E-state index is 0.287. The third-order valence-electron chi connectivity index (χ3n) is 7.39. The molecule has 0 fully saturated rings. The highest BCUT2D eigenvalue weighted by atomic mass is 16.5. The van der Waals surface area contributed by atoms with Crippen LogP contribution in [0.1, 0.15) is 54.0 Å². The molecule has 0 saturated carbocycles. The second-order valence-corrected chi connectivity index (χ2v) is 9.90. The topological polar surface area (TPSA) is 68.0 Å². The SMILES string of the molecule is CCCN(C)CCc1ccc(Cc2c(-c3c(O)ccc4c3CCCC4)cc(OC)c(OC)c2N)cc1. The molecule has 0 radical (unpaired) electrons. The Hall–Kier alpha value is -3.18. The molecule has 0 saturated heterocycles. The molecular formula is C31H40N2O3. The first-order chi connectivity index (χ1) is 17.5. The van der Waals surface area contributed by atoms with Crippen molar-refractivity contribution in [2.24, 2.45) is 0 Å². The number of hydrogen-bond donors (Lipinski definition) is 2. The molecule has 192 valence electrons. The van der Waals surface area contributed by atoms with E-state index in [2.05, 4.69) is 49.2 Å². The molecule has 4 rings (SSSR count). The summed E-state index contributed by atoms with van der Waals surface area (Å²) in [5.74, 6) is 1.40. The maximum absolute atomic E-state index is 11.1. The van der Waals surface area contributed by atoms with E-state index in [0.29, 0.717) is 23.6 Å². The zero-order chi connectivity index (χ0) is 25.7. The van der Waals surface area contributed by atoms with Crippen molar-refractivity contribution in [3.63, 3.8) is 0 Å². The van der Waals surface area contributed by atoms with E-state index in [4.69, 9.17) is 15.2 Å². The van der Waals surface area contributed by atoms with Crippen molar-refractivity contribution in [1.29, 1.82) is 0 Å². The third kappa shape index (κ3) is 5.46. The molecule has 0 aliphatic heterocycles. The van der Waals surface area contributed by atoms with Crippen molar-refractivity contribution in [1.82, 2.24) is 4.90 Å². The lowest BCUT2D eigenvalue weighted by molar-refractivity contribution is 0.339. The van der Waals surface area contributed by atoms with Crippen LogP contribution in [0.25, 0.3) is 11.1 Å². The molecule has 0 bridgehead atoms. The summed E-state index contributed by atoms with van der Waals surface area (Å²) in [5.41, 5.74) is 15.1. The number of nitrogens with zero attached hydrogens (tertiary/aromatic N) is 1. The maximum atomic E-state index is 11.1. The predicted molar refractivity (Wildman–Crippen MR) is 148 cm³/mol. The average molecular weight is 489 g/mol. The van der Waals surface area contributed by atoms with Gasteiger partial charge in [-0.25, -0.2) is 0 Å². The van der Waals surface area contributed by atoms with Crippen molar-refractivity contribution in [3.8, 4) is 28.4 Å². The molecule has 1 aliphatic rings. The number of ether oxygens (including phenoxy) is 2. The first-order valence-electron chi connectivity index (χ1n) is 13.1. The minimum Gasteiger partial charge on any atom is -0.507 e. The Morgan fingerprint density at radius 1 is 0.944 bits per heavy atom. The second kappa shape index (κ2) is 11.7. The number of aromatic hydroxyl groups is 1. The summed E-state index contributed by atoms with van der Waals surface area (Å²) in [6.45, 7) is 4.39. The van der Waals surface area contributed by atoms with E-state index < -0.39 is 0 Å². The van der Waals surface area contributed by atoms with Crippen LogP contribution in [0, 0.1) is 0 Å². The molecule has 0 atom stereocenters. The molecule has 3 aromatic carbocycles. The summed E-state index contributed by atoms with van der Waals surface area (Å²) in [5, 5.41) is 11.1. The summed E-state index contributed by atoms with van der Waals surface area (Å²) in [6.07, 6.45) is 7.13. The zero-order valence-electron chi connectivity index (χ0n) is 22.2. The van der Waals surface area contributed by atoms with E-state index in [9.17, 15) is 5.11 Å². The molecule has 3 aromatic rings. The predicted octanol–water partition coefficient (Wildman–Crippen LogP) is 6.01. The quantitative estimate of drug-likeness (QED) is 0.342. The molecule has 36 heavy (non-hydrogen) atoms. The van der Waals surface area contributed by atoms with Gasteiger partial charge in [0, 0.05) is 18.5 Å². The van der Waals surface area contributed by atoms with Crippen LogP contribution in [0.15, 0.2) is 42.5 Å². The Balaban J connectivity index is 1.74. The molecule has 1 aliphatic carbocycles. The normalized spacial score (nSPS) is 13.0. The smallest absolute Gasteiger partial charge is 0.184 e. The van der Waals surface area contributed by atoms with Gasteiger partial charge in [-0.3, -0.25) is 0 Å². The zero-order valence-corrected chi connectivity index (χ0v) is 22.2. The summed E-state index contributed by atoms with van der Waals surface area (Å²) in [7, 11) is 5.42. The van der Waals surface area contributed by atoms with Crippen LogP contribution >= 0.6 is 0 Å². The number of hydrogen-bond acceptors (Lipinski definition) is 5. The van der Waals surface area contributed by atoms with Crippen molar-refractivity contribution in [2.45, 2.75) is 51.9 Å². The number of aryl methyl sites for hydroxylation is 1. The number of likely N-dealkylation sites (N-methyl/N-ethyl adjacent to an activating group) is 1. The molecule has 0 spiro atoms. The van der Waals surface area contributed by atoms with Gasteiger partial charge in [-0.15, -0.1) is 0 Å². The fourth-order valence-electron chi connectivity index (χ4n) is 5.43. The van der Waals surface area contributed by atoms with Gasteiger partial charge in [0.05, 0.1) is 19.9 Å². The standard InChI is InChI=1S/C31H40N2O3/c1-5-17-33(2)18-16-21-10-12-22(13-11-21)19-26-25(20-28(35-3)31(36-4)30(26)32)29-24-9-7-6-8-23(24)14-15-27(29)34/h10-15,20,34H,5-9,16-19,32H2,1-4H3. The van der Waals surface area contributed by atoms with Crippen LogP contribution in [0.4, 0.5) is 5.69 Å². The highest BCUT2D eigenvalue weighted by molar-refractivity contribution is 5.85. The molecular weight excluding hydrogens is 448 g/mol. The van der Waals surface area contributed by atoms with Gasteiger partial charge >= 0.3 is 0 Å². The number of nitrogens with two attached hydrogens (primary N) is 1. The monoisotopic (exact) mass is 488 g/mol. The summed E-state index contributed by atoms with van der Waals surface area (Å²) in [4.78, 5) is 2.37. The van der Waals surface area contributed by atoms with Gasteiger partial charge in [-0.2, -0.15) is 0 Å². The van der Waals surface area contributed by atoms with Crippen molar-refractivity contribution < 1.29 is 14.6 Å². The molecule has 5 nitrogen and oxygen atoms in total. The van der Waals surface area contributed by atoms with Gasteiger partial charge in [0.1, 0.15) is 5.75 Å². The van der Waals surface area contributed by atoms with Gasteiger partial charge in [0.2, 0.25) is 0 Å². The fourth-order valence-corrected chi connectivity index (χ4v) is 5.43. The lowest BCUT2D eigenvalue weighted by Crippen LogP contribution is -2.21. The Labute approximate surface area is 215 Å². The number of methoxy groups -OCH3 is 2. The average Bonchev–Trinajstić information content (AvgIpc) is 2.89. The number of phenols is 1. The molecule has 0 heterocycles. The van der Waals surface area contributed by atoms with Crippen LogP contribution in [0.5, 0.6) is 17.2 Å². The first-order valence-corrected chi connectivity index (χ1v) is 13.1. The third-order valence-corrected chi connectivity index (χ3v) is 7.39. The highest BCUT2D eigenvalue weighted by Gasteiger charge is 2.24. The van der Waals surface area contributed by atoms with Crippen molar-refractivity contribution in [2.75, 3.05) is 40.1 Å². The van der Waals surface area contributed by atoms with Crippen molar-refractivity contribution >= 4 is 5.69 Å². The number of rotatable bonds is 10. The molecule has 0 unspecified atom stereocenters. The van der Waals surface area contributed by atoms with E-state index in [1.165, 1.54) is 35.1 Å². The fraction of sp³-hybridized carbons (Fsp3) is 0.419. The van der Waals surface area contributed by atoms with Crippen LogP contribution in [-0.2, 0) is 25.7 Å². The number of nitrogen functional groups attached to an aromatic ring is 1. The Morgan fingerprint density at radius 3 is 2.36 bits per heavy atom. The van der Waals surface area contributed by atoms with E-state index in [-0.39, 0.29) is 5.75 Å². The Kier molecular flexibility index (Phi) is 8.42. The van der Waals surface area contributed by atoms with Gasteiger partial charge in [0.25, 0.3) is 0 Å². The van der Waals surface area contributed by atoms with E-state index >= 15 is 0 Å². The molecule has 5 heteroatoms. The van der Waals surface area contributed by atoms with Crippen LogP contribution in [0.3, 0.4) is 0 Å². The molecule has 0 aromatic heterocycles. The second-order valence-electron chi connectivity index (χ2n) is 9.90. The first kappa shape index (κ1) is 25.9. The number of anilines is 1.